The molecule has 0 radical (unpaired) electrons. The Hall–Kier alpha value is -3.23. The molecule has 2 N–H and O–H groups in total. The third-order valence-electron chi connectivity index (χ3n) is 5.00. The number of thiazole rings is 1. The number of aromatic nitrogens is 1. The van der Waals surface area contributed by atoms with Crippen LogP contribution in [0.25, 0.3) is 21.3 Å². The minimum Gasteiger partial charge on any atom is -0.493 e. The highest BCUT2D eigenvalue weighted by Crippen LogP contribution is 2.34. The van der Waals surface area contributed by atoms with Gasteiger partial charge in [0.05, 0.1) is 23.7 Å². The third kappa shape index (κ3) is 5.97. The molecule has 4 rings (SSSR count). The van der Waals surface area contributed by atoms with Crippen molar-refractivity contribution in [1.29, 1.82) is 0 Å². The highest BCUT2D eigenvalue weighted by molar-refractivity contribution is 7.18. The summed E-state index contributed by atoms with van der Waals surface area (Å²) in [6.07, 6.45) is 0.974. The number of amides is 2. The van der Waals surface area contributed by atoms with Gasteiger partial charge in [-0.1, -0.05) is 36.4 Å². The summed E-state index contributed by atoms with van der Waals surface area (Å²) < 4.78 is 5.92. The normalized spacial score (nSPS) is 10.8. The molecule has 0 unspecified atom stereocenters. The number of benzene rings is 2. The standard InChI is InChI=1S/C25H25N3O3S2/c1-16-24(22-13-12-19(33-22)15-26-17(2)29)28-25(32-16)27-23(30)11-6-14-31-21-10-5-8-18-7-3-4-9-20(18)21/h3-5,7-10,12-13H,6,11,14-15H2,1-2H3,(H,26,29)(H,27,28,30). The predicted octanol–water partition coefficient (Wildman–Crippen LogP) is 5.77. The van der Waals surface area contributed by atoms with Crippen molar-refractivity contribution in [3.8, 4) is 16.3 Å². The summed E-state index contributed by atoms with van der Waals surface area (Å²) in [7, 11) is 0. The topological polar surface area (TPSA) is 80.3 Å². The fourth-order valence-electron chi connectivity index (χ4n) is 3.41. The molecule has 0 aliphatic rings. The molecule has 2 amide bonds. The molecular weight excluding hydrogens is 454 g/mol. The van der Waals surface area contributed by atoms with Crippen molar-refractivity contribution in [3.05, 3.63) is 64.4 Å². The van der Waals surface area contributed by atoms with Crippen molar-refractivity contribution in [2.24, 2.45) is 0 Å². The zero-order valence-corrected chi connectivity index (χ0v) is 20.1. The van der Waals surface area contributed by atoms with Crippen molar-refractivity contribution in [2.45, 2.75) is 33.2 Å². The van der Waals surface area contributed by atoms with Gasteiger partial charge in [0.15, 0.2) is 5.13 Å². The van der Waals surface area contributed by atoms with Crippen molar-refractivity contribution >= 4 is 50.4 Å². The van der Waals surface area contributed by atoms with E-state index in [1.54, 1.807) is 11.3 Å². The van der Waals surface area contributed by atoms with Crippen LogP contribution in [0.3, 0.4) is 0 Å². The van der Waals surface area contributed by atoms with Crippen LogP contribution < -0.4 is 15.4 Å². The van der Waals surface area contributed by atoms with Gasteiger partial charge in [0.2, 0.25) is 11.8 Å². The first-order chi connectivity index (χ1) is 16.0. The lowest BCUT2D eigenvalue weighted by atomic mass is 10.1. The van der Waals surface area contributed by atoms with Gasteiger partial charge in [-0.2, -0.15) is 0 Å². The molecule has 6 nitrogen and oxygen atoms in total. The van der Waals surface area contributed by atoms with E-state index in [2.05, 4.69) is 27.8 Å². The average Bonchev–Trinajstić information content (AvgIpc) is 3.41. The Bertz CT molecular complexity index is 1270. The van der Waals surface area contributed by atoms with E-state index in [1.807, 2.05) is 49.4 Å². The van der Waals surface area contributed by atoms with Gasteiger partial charge in [0, 0.05) is 28.5 Å². The summed E-state index contributed by atoms with van der Waals surface area (Å²) >= 11 is 3.06. The summed E-state index contributed by atoms with van der Waals surface area (Å²) in [5.41, 5.74) is 0.869. The van der Waals surface area contributed by atoms with Crippen molar-refractivity contribution < 1.29 is 14.3 Å². The Balaban J connectivity index is 1.28. The Morgan fingerprint density at radius 3 is 2.70 bits per heavy atom. The van der Waals surface area contributed by atoms with E-state index in [9.17, 15) is 9.59 Å². The summed E-state index contributed by atoms with van der Waals surface area (Å²) in [6, 6.07) is 18.1. The fraction of sp³-hybridized carbons (Fsp3) is 0.240. The summed E-state index contributed by atoms with van der Waals surface area (Å²) in [6.45, 7) is 4.47. The molecule has 2 heterocycles. The maximum absolute atomic E-state index is 12.4. The fourth-order valence-corrected chi connectivity index (χ4v) is 5.31. The average molecular weight is 480 g/mol. The maximum Gasteiger partial charge on any atom is 0.226 e. The number of fused-ring (bicyclic) bond motifs is 1. The molecule has 0 atom stereocenters. The molecule has 0 aliphatic carbocycles. The van der Waals surface area contributed by atoms with E-state index in [-0.39, 0.29) is 11.8 Å². The van der Waals surface area contributed by atoms with Crippen LogP contribution in [-0.2, 0) is 16.1 Å². The van der Waals surface area contributed by atoms with Crippen LogP contribution in [0.4, 0.5) is 5.13 Å². The second-order valence-corrected chi connectivity index (χ2v) is 9.95. The largest absolute Gasteiger partial charge is 0.493 e. The third-order valence-corrected chi connectivity index (χ3v) is 6.98. The first-order valence-electron chi connectivity index (χ1n) is 10.7. The van der Waals surface area contributed by atoms with Crippen molar-refractivity contribution in [2.75, 3.05) is 11.9 Å². The number of rotatable bonds is 9. The van der Waals surface area contributed by atoms with Gasteiger partial charge in [0.25, 0.3) is 0 Å². The summed E-state index contributed by atoms with van der Waals surface area (Å²) in [5, 5.41) is 8.52. The van der Waals surface area contributed by atoms with Gasteiger partial charge in [-0.3, -0.25) is 9.59 Å². The summed E-state index contributed by atoms with van der Waals surface area (Å²) in [5.74, 6) is 0.708. The molecule has 2 aromatic heterocycles. The second kappa shape index (κ2) is 10.6. The zero-order valence-electron chi connectivity index (χ0n) is 18.5. The molecule has 0 spiro atoms. The van der Waals surface area contributed by atoms with Gasteiger partial charge in [-0.05, 0) is 36.9 Å². The number of nitrogens with one attached hydrogen (secondary N) is 2. The monoisotopic (exact) mass is 479 g/mol. The van der Waals surface area contributed by atoms with E-state index in [0.29, 0.717) is 31.1 Å². The van der Waals surface area contributed by atoms with Crippen LogP contribution in [-0.4, -0.2) is 23.4 Å². The number of carbonyl (C=O) groups is 2. The molecule has 170 valence electrons. The Morgan fingerprint density at radius 1 is 1.03 bits per heavy atom. The quantitative estimate of drug-likeness (QED) is 0.299. The Labute approximate surface area is 200 Å². The number of carbonyl (C=O) groups excluding carboxylic acids is 2. The number of nitrogens with zero attached hydrogens (tertiary/aromatic N) is 1. The molecule has 33 heavy (non-hydrogen) atoms. The molecule has 0 saturated carbocycles. The number of ether oxygens (including phenoxy) is 1. The van der Waals surface area contributed by atoms with Crippen LogP contribution in [0.1, 0.15) is 29.5 Å². The van der Waals surface area contributed by atoms with Crippen LogP contribution >= 0.6 is 22.7 Å². The second-order valence-electron chi connectivity index (χ2n) is 7.58. The Morgan fingerprint density at radius 2 is 1.85 bits per heavy atom. The highest BCUT2D eigenvalue weighted by Gasteiger charge is 2.14. The molecule has 0 bridgehead atoms. The van der Waals surface area contributed by atoms with Crippen molar-refractivity contribution in [1.82, 2.24) is 10.3 Å². The van der Waals surface area contributed by atoms with Crippen LogP contribution in [0.15, 0.2) is 54.6 Å². The molecule has 0 saturated heterocycles. The number of thiophene rings is 1. The molecular formula is C25H25N3O3S2. The summed E-state index contributed by atoms with van der Waals surface area (Å²) in [4.78, 5) is 31.3. The maximum atomic E-state index is 12.4. The van der Waals surface area contributed by atoms with Gasteiger partial charge in [0.1, 0.15) is 5.75 Å². The number of hydrogen-bond acceptors (Lipinski definition) is 6. The lowest BCUT2D eigenvalue weighted by Crippen LogP contribution is -2.17. The van der Waals surface area contributed by atoms with E-state index in [0.717, 1.165) is 36.8 Å². The number of anilines is 1. The SMILES string of the molecule is CC(=O)NCc1ccc(-c2nc(NC(=O)CCCOc3cccc4ccccc34)sc2C)s1. The molecule has 0 fully saturated rings. The molecule has 0 aliphatic heterocycles. The van der Waals surface area contributed by atoms with E-state index in [4.69, 9.17) is 4.74 Å². The lowest BCUT2D eigenvalue weighted by Gasteiger charge is -2.09. The van der Waals surface area contributed by atoms with Gasteiger partial charge < -0.3 is 15.4 Å². The first-order valence-corrected chi connectivity index (χ1v) is 12.3. The van der Waals surface area contributed by atoms with Crippen LogP contribution in [0.5, 0.6) is 5.75 Å². The molecule has 2 aromatic carbocycles. The first kappa shape index (κ1) is 22.9. The van der Waals surface area contributed by atoms with E-state index < -0.39 is 0 Å². The lowest BCUT2D eigenvalue weighted by molar-refractivity contribution is -0.119. The highest BCUT2D eigenvalue weighted by atomic mass is 32.1. The minimum atomic E-state index is -0.0747. The van der Waals surface area contributed by atoms with E-state index >= 15 is 0 Å². The minimum absolute atomic E-state index is 0.0534. The number of aryl methyl sites for hydroxylation is 1. The van der Waals surface area contributed by atoms with Crippen molar-refractivity contribution in [3.63, 3.8) is 0 Å². The molecule has 4 aromatic rings. The van der Waals surface area contributed by atoms with Gasteiger partial charge >= 0.3 is 0 Å². The van der Waals surface area contributed by atoms with Crippen LogP contribution in [0, 0.1) is 6.92 Å². The number of hydrogen-bond donors (Lipinski definition) is 2. The Kier molecular flexibility index (Phi) is 7.36. The predicted molar refractivity (Wildman–Crippen MR) is 135 cm³/mol. The molecule has 8 heteroatoms. The smallest absolute Gasteiger partial charge is 0.226 e. The van der Waals surface area contributed by atoms with Gasteiger partial charge in [-0.15, -0.1) is 22.7 Å². The van der Waals surface area contributed by atoms with Gasteiger partial charge in [-0.25, -0.2) is 4.98 Å². The zero-order chi connectivity index (χ0) is 23.2. The van der Waals surface area contributed by atoms with E-state index in [1.165, 1.54) is 18.3 Å². The van der Waals surface area contributed by atoms with Crippen LogP contribution in [0.2, 0.25) is 0 Å².